The van der Waals surface area contributed by atoms with Gasteiger partial charge in [-0.25, -0.2) is 0 Å². The zero-order chi connectivity index (χ0) is 29.4. The van der Waals surface area contributed by atoms with Crippen LogP contribution in [0.3, 0.4) is 0 Å². The van der Waals surface area contributed by atoms with Crippen molar-refractivity contribution < 1.29 is 24.9 Å². The van der Waals surface area contributed by atoms with Gasteiger partial charge in [0, 0.05) is 37.2 Å². The summed E-state index contributed by atoms with van der Waals surface area (Å²) < 4.78 is 5.96. The molecule has 0 aromatic heterocycles. The molecule has 0 saturated carbocycles. The van der Waals surface area contributed by atoms with Crippen LogP contribution in [0.4, 0.5) is 0 Å². The number of Topliss-reactive ketones (excluding diaryl/α,β-unsaturated/α-hetero) is 1. The van der Waals surface area contributed by atoms with E-state index in [4.69, 9.17) is 16.2 Å². The molecule has 0 aliphatic carbocycles. The number of nitrogens with two attached hydrogens (primary N) is 2. The highest BCUT2D eigenvalue weighted by Gasteiger charge is 2.27. The van der Waals surface area contributed by atoms with Crippen molar-refractivity contribution in [1.82, 2.24) is 4.90 Å². The lowest BCUT2D eigenvalue weighted by atomic mass is 9.94. The van der Waals surface area contributed by atoms with Crippen LogP contribution in [0.1, 0.15) is 73.9 Å². The Balaban J connectivity index is 1.31. The number of aliphatic hydroxyl groups excluding tert-OH is 2. The number of aliphatic hydroxyl groups is 2. The van der Waals surface area contributed by atoms with Gasteiger partial charge in [0.2, 0.25) is 0 Å². The molecule has 2 aliphatic heterocycles. The predicted octanol–water partition coefficient (Wildman–Crippen LogP) is 3.75. The molecule has 2 aromatic rings. The Hall–Kier alpha value is -3.50. The number of carbonyl (C=O) groups excluding carboxylic acids is 1. The first-order valence-electron chi connectivity index (χ1n) is 14.4. The summed E-state index contributed by atoms with van der Waals surface area (Å²) in [6.07, 6.45) is 8.05. The van der Waals surface area contributed by atoms with E-state index in [2.05, 4.69) is 11.9 Å². The van der Waals surface area contributed by atoms with Gasteiger partial charge in [-0.3, -0.25) is 9.79 Å². The summed E-state index contributed by atoms with van der Waals surface area (Å²) in [7, 11) is 0. The van der Waals surface area contributed by atoms with E-state index in [9.17, 15) is 20.1 Å². The van der Waals surface area contributed by atoms with Gasteiger partial charge in [0.15, 0.2) is 18.2 Å². The lowest BCUT2D eigenvalue weighted by Crippen LogP contribution is -2.23. The Labute approximate surface area is 241 Å². The fourth-order valence-corrected chi connectivity index (χ4v) is 5.15. The number of rotatable bonds is 16. The first-order valence-corrected chi connectivity index (χ1v) is 14.4. The number of phenols is 1. The summed E-state index contributed by atoms with van der Waals surface area (Å²) in [5.41, 5.74) is 18.2. The Morgan fingerprint density at radius 2 is 1.98 bits per heavy atom. The van der Waals surface area contributed by atoms with Gasteiger partial charge in [-0.2, -0.15) is 0 Å². The summed E-state index contributed by atoms with van der Waals surface area (Å²) in [6, 6.07) is 10.8. The van der Waals surface area contributed by atoms with Crippen molar-refractivity contribution in [3.63, 3.8) is 0 Å². The number of aromatic hydroxyl groups is 1. The number of ether oxygens (including phenoxy) is 1. The lowest BCUT2D eigenvalue weighted by molar-refractivity contribution is -0.121. The molecule has 9 nitrogen and oxygen atoms in total. The van der Waals surface area contributed by atoms with Gasteiger partial charge in [-0.15, -0.1) is 0 Å². The molecular weight excluding hydrogens is 520 g/mol. The van der Waals surface area contributed by atoms with E-state index in [0.717, 1.165) is 58.4 Å². The van der Waals surface area contributed by atoms with E-state index in [1.54, 1.807) is 18.2 Å². The number of carbonyl (C=O) groups is 1. The number of allylic oxidation sites excluding steroid dienone is 1. The number of fused-ring (bicyclic) bond motifs is 1. The van der Waals surface area contributed by atoms with Crippen LogP contribution in [-0.4, -0.2) is 51.1 Å². The SMILES string of the molecule is CCCCC[C@@H](O)CC(=O)CCc1ccc(O)c(OCN2C=C3C(Cc4cc(C(N)N)ccc4CO)=CN=C3C2)c1. The van der Waals surface area contributed by atoms with Crippen molar-refractivity contribution in [3.8, 4) is 11.5 Å². The molecule has 4 rings (SSSR count). The molecule has 0 spiro atoms. The first kappa shape index (κ1) is 30.5. The number of nitrogens with zero attached hydrogens (tertiary/aromatic N) is 2. The van der Waals surface area contributed by atoms with E-state index in [1.807, 2.05) is 35.5 Å². The second kappa shape index (κ2) is 14.4. The molecular formula is C32H42N4O5. The number of benzene rings is 2. The predicted molar refractivity (Wildman–Crippen MR) is 159 cm³/mol. The molecule has 0 amide bonds. The molecule has 0 unspecified atom stereocenters. The molecule has 9 heteroatoms. The topological polar surface area (TPSA) is 155 Å². The van der Waals surface area contributed by atoms with Gasteiger partial charge in [-0.1, -0.05) is 50.5 Å². The van der Waals surface area contributed by atoms with E-state index < -0.39 is 12.3 Å². The number of aryl methyl sites for hydroxylation is 1. The minimum Gasteiger partial charge on any atom is -0.504 e. The van der Waals surface area contributed by atoms with Gasteiger partial charge >= 0.3 is 0 Å². The van der Waals surface area contributed by atoms with Gasteiger partial charge in [0.1, 0.15) is 5.78 Å². The molecule has 0 bridgehead atoms. The van der Waals surface area contributed by atoms with Crippen LogP contribution in [0.25, 0.3) is 0 Å². The number of ketones is 1. The number of aliphatic imine (C=N–C) groups is 1. The molecule has 1 atom stereocenters. The van der Waals surface area contributed by atoms with Crippen LogP contribution < -0.4 is 16.2 Å². The Morgan fingerprint density at radius 3 is 2.73 bits per heavy atom. The molecule has 2 aliphatic rings. The van der Waals surface area contributed by atoms with Crippen LogP contribution in [0.15, 0.2) is 64.9 Å². The minimum atomic E-state index is -0.590. The molecule has 2 heterocycles. The Bertz CT molecular complexity index is 1320. The number of unbranched alkanes of at least 4 members (excludes halogenated alkanes) is 2. The standard InChI is InChI=1S/C32H42N4O5/c1-2-3-4-5-26(38)15-27(39)10-6-21-7-11-30(40)31(12-21)41-20-36-17-28-25(16-35-29(28)18-36)14-24-13-22(32(33)34)8-9-23(24)19-37/h7-9,11-13,16-17,26,32,37-38,40H,2-6,10,14-15,18-20,33-34H2,1H3/t26-/m1/s1. The summed E-state index contributed by atoms with van der Waals surface area (Å²) >= 11 is 0. The van der Waals surface area contributed by atoms with Crippen LogP contribution in [0, 0.1) is 0 Å². The van der Waals surface area contributed by atoms with Crippen LogP contribution in [0.2, 0.25) is 0 Å². The van der Waals surface area contributed by atoms with Crippen molar-refractivity contribution >= 4 is 11.5 Å². The van der Waals surface area contributed by atoms with Gasteiger partial charge in [-0.05, 0) is 52.8 Å². The largest absolute Gasteiger partial charge is 0.504 e. The molecule has 2 aromatic carbocycles. The molecule has 7 N–H and O–H groups in total. The Kier molecular flexibility index (Phi) is 10.7. The first-order chi connectivity index (χ1) is 19.8. The maximum Gasteiger partial charge on any atom is 0.163 e. The third-order valence-corrected chi connectivity index (χ3v) is 7.57. The minimum absolute atomic E-state index is 0.0333. The Morgan fingerprint density at radius 1 is 1.15 bits per heavy atom. The monoisotopic (exact) mass is 562 g/mol. The summed E-state index contributed by atoms with van der Waals surface area (Å²) in [6.45, 7) is 2.83. The van der Waals surface area contributed by atoms with E-state index >= 15 is 0 Å². The number of hydrogen-bond acceptors (Lipinski definition) is 9. The van der Waals surface area contributed by atoms with E-state index in [1.165, 1.54) is 0 Å². The van der Waals surface area contributed by atoms with Crippen molar-refractivity contribution in [2.75, 3.05) is 13.3 Å². The molecule has 220 valence electrons. The molecule has 41 heavy (non-hydrogen) atoms. The van der Waals surface area contributed by atoms with E-state index in [0.29, 0.717) is 38.0 Å². The van der Waals surface area contributed by atoms with Crippen molar-refractivity contribution in [2.24, 2.45) is 16.5 Å². The maximum atomic E-state index is 12.3. The summed E-state index contributed by atoms with van der Waals surface area (Å²) in [5.74, 6) is 0.421. The molecule has 0 radical (unpaired) electrons. The third kappa shape index (κ3) is 8.27. The zero-order valence-corrected chi connectivity index (χ0v) is 23.8. The smallest absolute Gasteiger partial charge is 0.163 e. The fraction of sp³-hybridized carbons (Fsp3) is 0.438. The second-order valence-electron chi connectivity index (χ2n) is 10.9. The lowest BCUT2D eigenvalue weighted by Gasteiger charge is -2.17. The normalized spacial score (nSPS) is 15.1. The van der Waals surface area contributed by atoms with Crippen LogP contribution in [0.5, 0.6) is 11.5 Å². The number of hydrogen-bond donors (Lipinski definition) is 5. The van der Waals surface area contributed by atoms with Crippen molar-refractivity contribution in [2.45, 2.75) is 77.2 Å². The van der Waals surface area contributed by atoms with Gasteiger partial charge in [0.25, 0.3) is 0 Å². The van der Waals surface area contributed by atoms with Gasteiger partial charge < -0.3 is 36.4 Å². The molecule has 0 saturated heterocycles. The zero-order valence-electron chi connectivity index (χ0n) is 23.8. The highest BCUT2D eigenvalue weighted by atomic mass is 16.5. The number of phenolic OH excluding ortho intramolecular Hbond substituents is 1. The highest BCUT2D eigenvalue weighted by molar-refractivity contribution is 6.09. The van der Waals surface area contributed by atoms with E-state index in [-0.39, 0.29) is 31.3 Å². The quantitative estimate of drug-likeness (QED) is 0.153. The maximum absolute atomic E-state index is 12.3. The highest BCUT2D eigenvalue weighted by Crippen LogP contribution is 2.31. The molecule has 0 fully saturated rings. The van der Waals surface area contributed by atoms with Crippen molar-refractivity contribution in [3.05, 3.63) is 82.2 Å². The summed E-state index contributed by atoms with van der Waals surface area (Å²) in [4.78, 5) is 18.9. The second-order valence-corrected chi connectivity index (χ2v) is 10.9. The fourth-order valence-electron chi connectivity index (χ4n) is 5.15. The third-order valence-electron chi connectivity index (χ3n) is 7.57. The average molecular weight is 563 g/mol. The van der Waals surface area contributed by atoms with Crippen molar-refractivity contribution in [1.29, 1.82) is 0 Å². The van der Waals surface area contributed by atoms with Crippen LogP contribution >= 0.6 is 0 Å². The summed E-state index contributed by atoms with van der Waals surface area (Å²) in [5, 5.41) is 30.2. The van der Waals surface area contributed by atoms with Gasteiger partial charge in [0.05, 0.1) is 31.1 Å². The average Bonchev–Trinajstić information content (AvgIpc) is 3.53. The van der Waals surface area contributed by atoms with Crippen LogP contribution in [-0.2, 0) is 24.2 Å².